The minimum absolute atomic E-state index is 0.131. The van der Waals surface area contributed by atoms with Crippen LogP contribution in [0.1, 0.15) is 12.5 Å². The van der Waals surface area contributed by atoms with Crippen molar-refractivity contribution in [2.75, 3.05) is 0 Å². The molecular formula is C16H11ClF2N2. The van der Waals surface area contributed by atoms with Crippen molar-refractivity contribution in [2.24, 2.45) is 0 Å². The van der Waals surface area contributed by atoms with Crippen LogP contribution in [0.5, 0.6) is 0 Å². The van der Waals surface area contributed by atoms with E-state index in [-0.39, 0.29) is 16.5 Å². The molecule has 0 aliphatic rings. The first-order valence-corrected chi connectivity index (χ1v) is 6.88. The molecule has 0 atom stereocenters. The van der Waals surface area contributed by atoms with Crippen molar-refractivity contribution in [3.63, 3.8) is 0 Å². The number of aryl methyl sites for hydroxylation is 1. The standard InChI is InChI=1S/C16H11ClF2N2/c1-2-9-4-3-5-12-14(9)20-16(21-15(12)17)11-7-6-10(18)8-13(11)19/h3-8H,2H2,1H3. The van der Waals surface area contributed by atoms with E-state index in [1.807, 2.05) is 25.1 Å². The van der Waals surface area contributed by atoms with Gasteiger partial charge in [-0.1, -0.05) is 30.7 Å². The van der Waals surface area contributed by atoms with E-state index < -0.39 is 11.6 Å². The van der Waals surface area contributed by atoms with Crippen LogP contribution in [0, 0.1) is 11.6 Å². The first kappa shape index (κ1) is 13.9. The zero-order valence-electron chi connectivity index (χ0n) is 11.2. The fraction of sp³-hybridized carbons (Fsp3) is 0.125. The molecule has 0 aliphatic carbocycles. The lowest BCUT2D eigenvalue weighted by molar-refractivity contribution is 0.585. The number of benzene rings is 2. The minimum atomic E-state index is -0.709. The first-order valence-electron chi connectivity index (χ1n) is 6.50. The summed E-state index contributed by atoms with van der Waals surface area (Å²) in [7, 11) is 0. The van der Waals surface area contributed by atoms with E-state index in [9.17, 15) is 8.78 Å². The van der Waals surface area contributed by atoms with Crippen molar-refractivity contribution in [1.82, 2.24) is 9.97 Å². The van der Waals surface area contributed by atoms with E-state index in [1.165, 1.54) is 12.1 Å². The quantitative estimate of drug-likeness (QED) is 0.636. The van der Waals surface area contributed by atoms with Gasteiger partial charge in [-0.3, -0.25) is 0 Å². The van der Waals surface area contributed by atoms with E-state index in [1.54, 1.807) is 0 Å². The summed E-state index contributed by atoms with van der Waals surface area (Å²) in [5.41, 5.74) is 1.82. The topological polar surface area (TPSA) is 25.8 Å². The molecule has 2 aromatic carbocycles. The summed E-state index contributed by atoms with van der Waals surface area (Å²) in [5, 5.41) is 0.983. The van der Waals surface area contributed by atoms with E-state index in [2.05, 4.69) is 9.97 Å². The van der Waals surface area contributed by atoms with Crippen LogP contribution in [-0.4, -0.2) is 9.97 Å². The molecule has 0 N–H and O–H groups in total. The molecule has 0 fully saturated rings. The second-order valence-corrected chi connectivity index (χ2v) is 4.99. The fourth-order valence-electron chi connectivity index (χ4n) is 2.25. The Morgan fingerprint density at radius 3 is 2.62 bits per heavy atom. The fourth-order valence-corrected chi connectivity index (χ4v) is 2.48. The van der Waals surface area contributed by atoms with Crippen molar-refractivity contribution < 1.29 is 8.78 Å². The average Bonchev–Trinajstić information content (AvgIpc) is 2.46. The lowest BCUT2D eigenvalue weighted by Gasteiger charge is -2.08. The van der Waals surface area contributed by atoms with Gasteiger partial charge >= 0.3 is 0 Å². The zero-order chi connectivity index (χ0) is 15.0. The van der Waals surface area contributed by atoms with Crippen LogP contribution >= 0.6 is 11.6 Å². The van der Waals surface area contributed by atoms with Gasteiger partial charge in [-0.15, -0.1) is 0 Å². The van der Waals surface area contributed by atoms with Gasteiger partial charge in [0, 0.05) is 11.5 Å². The predicted molar refractivity (Wildman–Crippen MR) is 79.3 cm³/mol. The number of rotatable bonds is 2. The summed E-state index contributed by atoms with van der Waals surface area (Å²) in [6.07, 6.45) is 0.774. The lowest BCUT2D eigenvalue weighted by Crippen LogP contribution is -1.97. The highest BCUT2D eigenvalue weighted by molar-refractivity contribution is 6.34. The molecule has 5 heteroatoms. The minimum Gasteiger partial charge on any atom is -0.227 e. The summed E-state index contributed by atoms with van der Waals surface area (Å²) in [6.45, 7) is 2.00. The molecule has 2 nitrogen and oxygen atoms in total. The van der Waals surface area contributed by atoms with Gasteiger partial charge in [0.15, 0.2) is 5.82 Å². The van der Waals surface area contributed by atoms with Crippen molar-refractivity contribution >= 4 is 22.5 Å². The molecule has 0 aliphatic heterocycles. The summed E-state index contributed by atoms with van der Waals surface area (Å²) >= 11 is 6.18. The van der Waals surface area contributed by atoms with Gasteiger partial charge in [-0.05, 0) is 30.2 Å². The Bertz CT molecular complexity index is 834. The molecule has 0 bridgehead atoms. The van der Waals surface area contributed by atoms with Crippen LogP contribution in [-0.2, 0) is 6.42 Å². The summed E-state index contributed by atoms with van der Waals surface area (Å²) in [5.74, 6) is -1.19. The Kier molecular flexibility index (Phi) is 3.55. The molecule has 0 saturated carbocycles. The molecule has 106 valence electrons. The second-order valence-electron chi connectivity index (χ2n) is 4.63. The predicted octanol–water partition coefficient (Wildman–Crippen LogP) is 4.79. The second kappa shape index (κ2) is 5.37. The Labute approximate surface area is 125 Å². The molecule has 0 spiro atoms. The molecule has 0 amide bonds. The molecule has 0 radical (unpaired) electrons. The van der Waals surface area contributed by atoms with Crippen molar-refractivity contribution in [2.45, 2.75) is 13.3 Å². The molecule has 3 rings (SSSR count). The van der Waals surface area contributed by atoms with Crippen LogP contribution in [0.3, 0.4) is 0 Å². The van der Waals surface area contributed by atoms with Gasteiger partial charge in [0.25, 0.3) is 0 Å². The Hall–Kier alpha value is -2.07. The third-order valence-electron chi connectivity index (χ3n) is 3.32. The first-order chi connectivity index (χ1) is 10.1. The van der Waals surface area contributed by atoms with Gasteiger partial charge in [0.2, 0.25) is 0 Å². The summed E-state index contributed by atoms with van der Waals surface area (Å²) in [6, 6.07) is 8.94. The van der Waals surface area contributed by atoms with Gasteiger partial charge in [-0.2, -0.15) is 0 Å². The van der Waals surface area contributed by atoms with E-state index in [0.717, 1.165) is 23.4 Å². The summed E-state index contributed by atoms with van der Waals surface area (Å²) in [4.78, 5) is 8.54. The average molecular weight is 305 g/mol. The zero-order valence-corrected chi connectivity index (χ0v) is 12.0. The number of para-hydroxylation sites is 1. The number of hydrogen-bond donors (Lipinski definition) is 0. The highest BCUT2D eigenvalue weighted by Gasteiger charge is 2.13. The van der Waals surface area contributed by atoms with Gasteiger partial charge in [-0.25, -0.2) is 18.7 Å². The van der Waals surface area contributed by atoms with Crippen molar-refractivity contribution in [1.29, 1.82) is 0 Å². The number of hydrogen-bond acceptors (Lipinski definition) is 2. The smallest absolute Gasteiger partial charge is 0.164 e. The van der Waals surface area contributed by atoms with Gasteiger partial charge in [0.05, 0.1) is 11.1 Å². The van der Waals surface area contributed by atoms with Crippen LogP contribution < -0.4 is 0 Å². The number of nitrogens with zero attached hydrogens (tertiary/aromatic N) is 2. The number of aromatic nitrogens is 2. The molecule has 1 aromatic heterocycles. The van der Waals surface area contributed by atoms with Crippen LogP contribution in [0.2, 0.25) is 5.15 Å². The van der Waals surface area contributed by atoms with Crippen LogP contribution in [0.4, 0.5) is 8.78 Å². The maximum atomic E-state index is 13.9. The van der Waals surface area contributed by atoms with E-state index >= 15 is 0 Å². The Morgan fingerprint density at radius 1 is 1.10 bits per heavy atom. The van der Waals surface area contributed by atoms with E-state index in [0.29, 0.717) is 5.52 Å². The normalized spacial score (nSPS) is 11.0. The molecule has 0 unspecified atom stereocenters. The van der Waals surface area contributed by atoms with Gasteiger partial charge in [0.1, 0.15) is 16.8 Å². The molecule has 0 saturated heterocycles. The third-order valence-corrected chi connectivity index (χ3v) is 3.60. The van der Waals surface area contributed by atoms with Gasteiger partial charge < -0.3 is 0 Å². The Morgan fingerprint density at radius 2 is 1.90 bits per heavy atom. The Balaban J connectivity index is 2.29. The van der Waals surface area contributed by atoms with E-state index in [4.69, 9.17) is 11.6 Å². The van der Waals surface area contributed by atoms with Crippen LogP contribution in [0.25, 0.3) is 22.3 Å². The molecule has 3 aromatic rings. The molecular weight excluding hydrogens is 294 g/mol. The number of halogens is 3. The monoisotopic (exact) mass is 304 g/mol. The van der Waals surface area contributed by atoms with Crippen LogP contribution in [0.15, 0.2) is 36.4 Å². The van der Waals surface area contributed by atoms with Crippen molar-refractivity contribution in [3.8, 4) is 11.4 Å². The lowest BCUT2D eigenvalue weighted by atomic mass is 10.1. The molecule has 1 heterocycles. The largest absolute Gasteiger partial charge is 0.227 e. The maximum Gasteiger partial charge on any atom is 0.164 e. The maximum absolute atomic E-state index is 13.9. The number of fused-ring (bicyclic) bond motifs is 1. The third kappa shape index (κ3) is 2.47. The van der Waals surface area contributed by atoms with Crippen molar-refractivity contribution in [3.05, 3.63) is 58.7 Å². The summed E-state index contributed by atoms with van der Waals surface area (Å²) < 4.78 is 26.9. The SMILES string of the molecule is CCc1cccc2c(Cl)nc(-c3ccc(F)cc3F)nc12. The highest BCUT2D eigenvalue weighted by atomic mass is 35.5. The highest BCUT2D eigenvalue weighted by Crippen LogP contribution is 2.28. The molecule has 21 heavy (non-hydrogen) atoms.